The van der Waals surface area contributed by atoms with Gasteiger partial charge in [-0.2, -0.15) is 0 Å². The molecular formula is C57H88O5. The second kappa shape index (κ2) is 51.1. The number of aliphatic hydroxyl groups excluding tert-OH is 1. The summed E-state index contributed by atoms with van der Waals surface area (Å²) in [6.07, 6.45) is 77.8. The van der Waals surface area contributed by atoms with E-state index in [9.17, 15) is 14.7 Å². The number of hydrogen-bond acceptors (Lipinski definition) is 5. The first-order valence-corrected chi connectivity index (χ1v) is 24.4. The van der Waals surface area contributed by atoms with Gasteiger partial charge in [-0.3, -0.25) is 9.59 Å². The van der Waals surface area contributed by atoms with Crippen molar-refractivity contribution in [2.45, 2.75) is 187 Å². The number of esters is 2. The molecule has 0 fully saturated rings. The molecule has 0 radical (unpaired) electrons. The van der Waals surface area contributed by atoms with Crippen LogP contribution in [0.3, 0.4) is 0 Å². The zero-order valence-corrected chi connectivity index (χ0v) is 39.3. The normalized spacial score (nSPS) is 13.5. The average Bonchev–Trinajstić information content (AvgIpc) is 3.28. The van der Waals surface area contributed by atoms with Crippen molar-refractivity contribution < 1.29 is 24.2 Å². The van der Waals surface area contributed by atoms with Crippen LogP contribution in [0.15, 0.2) is 146 Å². The van der Waals surface area contributed by atoms with E-state index in [0.717, 1.165) is 128 Å². The lowest BCUT2D eigenvalue weighted by molar-refractivity contribution is -0.161. The maximum absolute atomic E-state index is 12.3. The number of aliphatic hydroxyl groups is 1. The highest BCUT2D eigenvalue weighted by Gasteiger charge is 2.16. The molecule has 0 aromatic carbocycles. The van der Waals surface area contributed by atoms with Crippen LogP contribution >= 0.6 is 0 Å². The fraction of sp³-hybridized carbons (Fsp3) is 0.544. The molecule has 5 heteroatoms. The quantitative estimate of drug-likeness (QED) is 0.0376. The number of ether oxygens (including phenoxy) is 2. The van der Waals surface area contributed by atoms with E-state index < -0.39 is 6.10 Å². The Morgan fingerprint density at radius 1 is 0.371 bits per heavy atom. The molecule has 0 bridgehead atoms. The predicted octanol–water partition coefficient (Wildman–Crippen LogP) is 16.3. The number of allylic oxidation sites excluding steroid dienone is 24. The second-order valence-corrected chi connectivity index (χ2v) is 15.4. The molecule has 0 rings (SSSR count). The van der Waals surface area contributed by atoms with E-state index in [0.29, 0.717) is 12.8 Å². The van der Waals surface area contributed by atoms with Crippen LogP contribution in [0.25, 0.3) is 0 Å². The monoisotopic (exact) mass is 853 g/mol. The second-order valence-electron chi connectivity index (χ2n) is 15.4. The molecule has 0 aliphatic heterocycles. The Labute approximate surface area is 380 Å². The van der Waals surface area contributed by atoms with Crippen molar-refractivity contribution in [2.75, 3.05) is 13.2 Å². The highest BCUT2D eigenvalue weighted by molar-refractivity contribution is 5.70. The fourth-order valence-corrected chi connectivity index (χ4v) is 6.03. The molecule has 0 aliphatic rings. The maximum atomic E-state index is 12.3. The van der Waals surface area contributed by atoms with E-state index >= 15 is 0 Å². The van der Waals surface area contributed by atoms with Crippen LogP contribution in [-0.4, -0.2) is 36.4 Å². The summed E-state index contributed by atoms with van der Waals surface area (Å²) in [5.41, 5.74) is 0. The van der Waals surface area contributed by atoms with Crippen molar-refractivity contribution in [2.24, 2.45) is 0 Å². The first-order valence-electron chi connectivity index (χ1n) is 24.4. The van der Waals surface area contributed by atoms with E-state index in [2.05, 4.69) is 160 Å². The van der Waals surface area contributed by atoms with Crippen LogP contribution in [0.1, 0.15) is 181 Å². The smallest absolute Gasteiger partial charge is 0.306 e. The summed E-state index contributed by atoms with van der Waals surface area (Å²) in [6, 6.07) is 0. The Morgan fingerprint density at radius 2 is 0.645 bits per heavy atom. The average molecular weight is 853 g/mol. The molecule has 0 heterocycles. The van der Waals surface area contributed by atoms with Crippen molar-refractivity contribution in [3.05, 3.63) is 146 Å². The van der Waals surface area contributed by atoms with Crippen molar-refractivity contribution in [3.8, 4) is 0 Å². The molecule has 5 nitrogen and oxygen atoms in total. The largest absolute Gasteiger partial charge is 0.462 e. The van der Waals surface area contributed by atoms with Gasteiger partial charge in [-0.15, -0.1) is 0 Å². The zero-order chi connectivity index (χ0) is 44.9. The van der Waals surface area contributed by atoms with Gasteiger partial charge in [0.2, 0.25) is 0 Å². The molecule has 1 atom stereocenters. The summed E-state index contributed by atoms with van der Waals surface area (Å²) >= 11 is 0. The molecule has 1 N–H and O–H groups in total. The molecule has 0 amide bonds. The van der Waals surface area contributed by atoms with E-state index in [1.807, 2.05) is 0 Å². The number of carbonyl (C=O) groups excluding carboxylic acids is 2. The van der Waals surface area contributed by atoms with E-state index in [4.69, 9.17) is 9.47 Å². The summed E-state index contributed by atoms with van der Waals surface area (Å²) < 4.78 is 10.6. The third kappa shape index (κ3) is 48.4. The van der Waals surface area contributed by atoms with Crippen molar-refractivity contribution in [1.29, 1.82) is 0 Å². The summed E-state index contributed by atoms with van der Waals surface area (Å²) in [6.45, 7) is 3.85. The van der Waals surface area contributed by atoms with Gasteiger partial charge in [-0.25, -0.2) is 0 Å². The molecule has 0 saturated carbocycles. The molecule has 1 unspecified atom stereocenters. The Kier molecular flexibility index (Phi) is 47.7. The van der Waals surface area contributed by atoms with Crippen LogP contribution in [0.4, 0.5) is 0 Å². The maximum Gasteiger partial charge on any atom is 0.306 e. The van der Waals surface area contributed by atoms with Crippen LogP contribution < -0.4 is 0 Å². The van der Waals surface area contributed by atoms with Gasteiger partial charge in [0.1, 0.15) is 6.61 Å². The van der Waals surface area contributed by atoms with Gasteiger partial charge < -0.3 is 14.6 Å². The van der Waals surface area contributed by atoms with Crippen molar-refractivity contribution in [1.82, 2.24) is 0 Å². The van der Waals surface area contributed by atoms with Gasteiger partial charge in [0.15, 0.2) is 6.10 Å². The van der Waals surface area contributed by atoms with E-state index in [1.54, 1.807) is 0 Å². The summed E-state index contributed by atoms with van der Waals surface area (Å²) in [5, 5.41) is 9.61. The highest BCUT2D eigenvalue weighted by atomic mass is 16.6. The summed E-state index contributed by atoms with van der Waals surface area (Å²) in [7, 11) is 0. The Hall–Kier alpha value is -4.22. The van der Waals surface area contributed by atoms with Crippen LogP contribution in [-0.2, 0) is 19.1 Å². The molecule has 62 heavy (non-hydrogen) atoms. The molecule has 346 valence electrons. The van der Waals surface area contributed by atoms with Crippen LogP contribution in [0, 0.1) is 0 Å². The molecule has 0 aliphatic carbocycles. The molecule has 0 saturated heterocycles. The SMILES string of the molecule is CC/C=C\C/C=C\C/C=C\C/C=C\C/C=C\C/C=C\C/C=C\CCCCCCCCCC(=O)OC(CO)COC(=O)CCCCC/C=C\C/C=C\C/C=C\C/C=C\C/C=C\CC. The number of unbranched alkanes of at least 4 members (excludes halogenated alkanes) is 10. The van der Waals surface area contributed by atoms with Gasteiger partial charge in [-0.05, 0) is 116 Å². The molecule has 0 spiro atoms. The van der Waals surface area contributed by atoms with E-state index in [-0.39, 0.29) is 25.2 Å². The van der Waals surface area contributed by atoms with Crippen molar-refractivity contribution >= 4 is 11.9 Å². The molecule has 0 aromatic rings. The lowest BCUT2D eigenvalue weighted by Crippen LogP contribution is -2.28. The van der Waals surface area contributed by atoms with Crippen LogP contribution in [0.2, 0.25) is 0 Å². The summed E-state index contributed by atoms with van der Waals surface area (Å²) in [4.78, 5) is 24.4. The number of hydrogen-bond donors (Lipinski definition) is 1. The first kappa shape index (κ1) is 57.8. The van der Waals surface area contributed by atoms with Gasteiger partial charge in [0.25, 0.3) is 0 Å². The molecular weight excluding hydrogens is 765 g/mol. The Morgan fingerprint density at radius 3 is 0.984 bits per heavy atom. The lowest BCUT2D eigenvalue weighted by Gasteiger charge is -2.15. The topological polar surface area (TPSA) is 72.8 Å². The standard InChI is InChI=1S/C57H88O5/c1-3-5-7-9-11-13-15-17-19-21-23-24-25-26-27-28-29-30-31-32-34-36-38-40-42-44-46-48-50-52-57(60)62-55(53-58)54-61-56(59)51-49-47-45-43-41-39-37-35-33-22-20-18-16-14-12-10-8-6-4-2/h5-8,11-14,17-20,23-24,26-27,29-30,32-35,39,41,55,58H,3-4,9-10,15-16,21-22,25,28,31,36-38,40,42-54H2,1-2H3/b7-5-,8-6-,13-11-,14-12-,19-17-,20-18-,24-23-,27-26-,30-29-,34-32-,35-33-,41-39-. The first-order chi connectivity index (χ1) is 30.6. The Balaban J connectivity index is 3.68. The van der Waals surface area contributed by atoms with Gasteiger partial charge in [-0.1, -0.05) is 198 Å². The minimum Gasteiger partial charge on any atom is -0.462 e. The van der Waals surface area contributed by atoms with Gasteiger partial charge in [0, 0.05) is 12.8 Å². The van der Waals surface area contributed by atoms with Crippen LogP contribution in [0.5, 0.6) is 0 Å². The minimum absolute atomic E-state index is 0.0984. The third-order valence-corrected chi connectivity index (χ3v) is 9.63. The van der Waals surface area contributed by atoms with E-state index in [1.165, 1.54) is 25.7 Å². The number of carbonyl (C=O) groups is 2. The summed E-state index contributed by atoms with van der Waals surface area (Å²) in [5.74, 6) is -0.655. The minimum atomic E-state index is -0.804. The van der Waals surface area contributed by atoms with Gasteiger partial charge in [0.05, 0.1) is 6.61 Å². The molecule has 0 aromatic heterocycles. The third-order valence-electron chi connectivity index (χ3n) is 9.63. The van der Waals surface area contributed by atoms with Crippen molar-refractivity contribution in [3.63, 3.8) is 0 Å². The van der Waals surface area contributed by atoms with Gasteiger partial charge >= 0.3 is 11.9 Å². The highest BCUT2D eigenvalue weighted by Crippen LogP contribution is 2.12. The zero-order valence-electron chi connectivity index (χ0n) is 39.3. The number of rotatable bonds is 42. The lowest BCUT2D eigenvalue weighted by atomic mass is 10.1. The predicted molar refractivity (Wildman–Crippen MR) is 269 cm³/mol. The Bertz CT molecular complexity index is 1380. The fourth-order valence-electron chi connectivity index (χ4n) is 6.03.